The van der Waals surface area contributed by atoms with Crippen LogP contribution in [0.1, 0.15) is 32.3 Å². The number of anilines is 1. The number of carbonyl (C=O) groups is 2. The first-order chi connectivity index (χ1) is 9.52. The van der Waals surface area contributed by atoms with E-state index in [4.69, 9.17) is 5.73 Å². The summed E-state index contributed by atoms with van der Waals surface area (Å²) in [6.45, 7) is 4.30. The molecule has 0 fully saturated rings. The summed E-state index contributed by atoms with van der Waals surface area (Å²) < 4.78 is 0. The Morgan fingerprint density at radius 3 is 2.50 bits per heavy atom. The number of aryl methyl sites for hydroxylation is 1. The van der Waals surface area contributed by atoms with Gasteiger partial charge >= 0.3 is 0 Å². The minimum absolute atomic E-state index is 0.124. The lowest BCUT2D eigenvalue weighted by atomic mass is 10.1. The standard InChI is InChI=1S/C15H23N3O2/c1-3-10-17-15(20)11(2)18-14(19)9-6-12-4-7-13(16)8-5-12/h4-5,7-8,11H,3,6,9-10,16H2,1-2H3,(H,17,20)(H,18,19). The van der Waals surface area contributed by atoms with Gasteiger partial charge in [0.15, 0.2) is 0 Å². The molecule has 1 atom stereocenters. The van der Waals surface area contributed by atoms with Crippen LogP contribution in [0.2, 0.25) is 0 Å². The summed E-state index contributed by atoms with van der Waals surface area (Å²) in [5.41, 5.74) is 7.36. The van der Waals surface area contributed by atoms with Crippen LogP contribution in [-0.2, 0) is 16.0 Å². The second-order valence-corrected chi connectivity index (χ2v) is 4.82. The molecule has 2 amide bonds. The van der Waals surface area contributed by atoms with Crippen LogP contribution in [0.25, 0.3) is 0 Å². The van der Waals surface area contributed by atoms with Crippen LogP contribution in [-0.4, -0.2) is 24.4 Å². The molecule has 5 nitrogen and oxygen atoms in total. The molecular formula is C15H23N3O2. The Balaban J connectivity index is 2.32. The summed E-state index contributed by atoms with van der Waals surface area (Å²) in [6.07, 6.45) is 1.87. The topological polar surface area (TPSA) is 84.2 Å². The maximum Gasteiger partial charge on any atom is 0.242 e. The minimum atomic E-state index is -0.500. The molecule has 0 radical (unpaired) electrons. The first-order valence-electron chi connectivity index (χ1n) is 6.94. The number of benzene rings is 1. The summed E-state index contributed by atoms with van der Waals surface area (Å²) in [5.74, 6) is -0.270. The summed E-state index contributed by atoms with van der Waals surface area (Å²) >= 11 is 0. The second-order valence-electron chi connectivity index (χ2n) is 4.82. The molecule has 5 heteroatoms. The van der Waals surface area contributed by atoms with Crippen molar-refractivity contribution in [1.82, 2.24) is 10.6 Å². The molecule has 4 N–H and O–H groups in total. The molecule has 1 unspecified atom stereocenters. The Kier molecular flexibility index (Phi) is 6.56. The Morgan fingerprint density at radius 1 is 1.25 bits per heavy atom. The number of carbonyl (C=O) groups excluding carboxylic acids is 2. The minimum Gasteiger partial charge on any atom is -0.399 e. The van der Waals surface area contributed by atoms with Crippen molar-refractivity contribution in [2.45, 2.75) is 39.2 Å². The van der Waals surface area contributed by atoms with Gasteiger partial charge in [-0.05, 0) is 37.5 Å². The lowest BCUT2D eigenvalue weighted by Crippen LogP contribution is -2.45. The molecular weight excluding hydrogens is 254 g/mol. The third-order valence-corrected chi connectivity index (χ3v) is 2.94. The van der Waals surface area contributed by atoms with Gasteiger partial charge in [-0.25, -0.2) is 0 Å². The van der Waals surface area contributed by atoms with Crippen LogP contribution >= 0.6 is 0 Å². The zero-order valence-corrected chi connectivity index (χ0v) is 12.1. The van der Waals surface area contributed by atoms with E-state index in [1.54, 1.807) is 6.92 Å². The maximum atomic E-state index is 11.8. The number of hydrogen-bond acceptors (Lipinski definition) is 3. The lowest BCUT2D eigenvalue weighted by Gasteiger charge is -2.13. The fraction of sp³-hybridized carbons (Fsp3) is 0.467. The fourth-order valence-electron chi connectivity index (χ4n) is 1.72. The van der Waals surface area contributed by atoms with Crippen molar-refractivity contribution >= 4 is 17.5 Å². The molecule has 1 aromatic carbocycles. The molecule has 1 rings (SSSR count). The number of nitrogen functional groups attached to an aromatic ring is 1. The average Bonchev–Trinajstić information content (AvgIpc) is 2.44. The molecule has 0 aliphatic heterocycles. The summed E-state index contributed by atoms with van der Waals surface area (Å²) in [6, 6.07) is 6.93. The summed E-state index contributed by atoms with van der Waals surface area (Å²) in [7, 11) is 0. The van der Waals surface area contributed by atoms with Gasteiger partial charge in [0.25, 0.3) is 0 Å². The smallest absolute Gasteiger partial charge is 0.242 e. The van der Waals surface area contributed by atoms with Crippen LogP contribution in [0.15, 0.2) is 24.3 Å². The molecule has 110 valence electrons. The zero-order chi connectivity index (χ0) is 15.0. The molecule has 0 saturated carbocycles. The van der Waals surface area contributed by atoms with Gasteiger partial charge in [0, 0.05) is 18.7 Å². The van der Waals surface area contributed by atoms with Crippen molar-refractivity contribution in [3.05, 3.63) is 29.8 Å². The van der Waals surface area contributed by atoms with E-state index in [1.807, 2.05) is 31.2 Å². The highest BCUT2D eigenvalue weighted by Crippen LogP contribution is 2.07. The first kappa shape index (κ1) is 16.0. The third kappa shape index (κ3) is 5.73. The van der Waals surface area contributed by atoms with Gasteiger partial charge in [-0.15, -0.1) is 0 Å². The van der Waals surface area contributed by atoms with E-state index < -0.39 is 6.04 Å². The summed E-state index contributed by atoms with van der Waals surface area (Å²) in [5, 5.41) is 5.44. The van der Waals surface area contributed by atoms with E-state index in [0.29, 0.717) is 25.1 Å². The highest BCUT2D eigenvalue weighted by Gasteiger charge is 2.14. The van der Waals surface area contributed by atoms with Gasteiger partial charge in [-0.3, -0.25) is 9.59 Å². The van der Waals surface area contributed by atoms with Crippen LogP contribution in [0.5, 0.6) is 0 Å². The number of rotatable bonds is 7. The lowest BCUT2D eigenvalue weighted by molar-refractivity contribution is -0.128. The van der Waals surface area contributed by atoms with E-state index in [2.05, 4.69) is 10.6 Å². The fourth-order valence-corrected chi connectivity index (χ4v) is 1.72. The molecule has 0 heterocycles. The molecule has 0 aromatic heterocycles. The molecule has 0 saturated heterocycles. The average molecular weight is 277 g/mol. The number of amides is 2. The largest absolute Gasteiger partial charge is 0.399 e. The molecule has 0 aliphatic carbocycles. The van der Waals surface area contributed by atoms with Crippen molar-refractivity contribution in [3.63, 3.8) is 0 Å². The monoisotopic (exact) mass is 277 g/mol. The number of nitrogens with one attached hydrogen (secondary N) is 2. The Bertz CT molecular complexity index is 443. The molecule has 1 aromatic rings. The quantitative estimate of drug-likeness (QED) is 0.655. The molecule has 0 aliphatic rings. The van der Waals surface area contributed by atoms with Crippen LogP contribution < -0.4 is 16.4 Å². The van der Waals surface area contributed by atoms with Crippen LogP contribution in [0, 0.1) is 0 Å². The molecule has 0 spiro atoms. The van der Waals surface area contributed by atoms with Crippen LogP contribution in [0.3, 0.4) is 0 Å². The van der Waals surface area contributed by atoms with Crippen molar-refractivity contribution in [2.75, 3.05) is 12.3 Å². The van der Waals surface area contributed by atoms with Crippen molar-refractivity contribution < 1.29 is 9.59 Å². The van der Waals surface area contributed by atoms with Gasteiger partial charge in [0.2, 0.25) is 11.8 Å². The third-order valence-electron chi connectivity index (χ3n) is 2.94. The predicted molar refractivity (Wildman–Crippen MR) is 80.1 cm³/mol. The first-order valence-corrected chi connectivity index (χ1v) is 6.94. The molecule has 0 bridgehead atoms. The van der Waals surface area contributed by atoms with Gasteiger partial charge in [-0.1, -0.05) is 19.1 Å². The number of hydrogen-bond donors (Lipinski definition) is 3. The van der Waals surface area contributed by atoms with E-state index in [1.165, 1.54) is 0 Å². The number of nitrogens with two attached hydrogens (primary N) is 1. The Hall–Kier alpha value is -2.04. The highest BCUT2D eigenvalue weighted by atomic mass is 16.2. The highest BCUT2D eigenvalue weighted by molar-refractivity contribution is 5.87. The predicted octanol–water partition coefficient (Wildman–Crippen LogP) is 1.23. The summed E-state index contributed by atoms with van der Waals surface area (Å²) in [4.78, 5) is 23.4. The zero-order valence-electron chi connectivity index (χ0n) is 12.1. The van der Waals surface area contributed by atoms with Crippen LogP contribution in [0.4, 0.5) is 5.69 Å². The van der Waals surface area contributed by atoms with Crippen molar-refractivity contribution in [2.24, 2.45) is 0 Å². The molecule has 20 heavy (non-hydrogen) atoms. The van der Waals surface area contributed by atoms with E-state index in [-0.39, 0.29) is 11.8 Å². The maximum absolute atomic E-state index is 11.8. The Labute approximate surface area is 119 Å². The van der Waals surface area contributed by atoms with Gasteiger partial charge in [0.1, 0.15) is 6.04 Å². The van der Waals surface area contributed by atoms with Crippen molar-refractivity contribution in [1.29, 1.82) is 0 Å². The van der Waals surface area contributed by atoms with E-state index in [9.17, 15) is 9.59 Å². The van der Waals surface area contributed by atoms with E-state index in [0.717, 1.165) is 12.0 Å². The van der Waals surface area contributed by atoms with Crippen molar-refractivity contribution in [3.8, 4) is 0 Å². The SMILES string of the molecule is CCCNC(=O)C(C)NC(=O)CCc1ccc(N)cc1. The second kappa shape index (κ2) is 8.19. The van der Waals surface area contributed by atoms with E-state index >= 15 is 0 Å². The van der Waals surface area contributed by atoms with Gasteiger partial charge in [-0.2, -0.15) is 0 Å². The van der Waals surface area contributed by atoms with Gasteiger partial charge < -0.3 is 16.4 Å². The normalized spacial score (nSPS) is 11.7. The van der Waals surface area contributed by atoms with Gasteiger partial charge in [0.05, 0.1) is 0 Å². The Morgan fingerprint density at radius 2 is 1.90 bits per heavy atom.